The molecule has 1 saturated heterocycles. The first kappa shape index (κ1) is 15.1. The molecule has 0 radical (unpaired) electrons. The number of aliphatic carboxylic acids is 1. The van der Waals surface area contributed by atoms with Gasteiger partial charge < -0.3 is 20.6 Å². The van der Waals surface area contributed by atoms with Gasteiger partial charge in [-0.1, -0.05) is 6.42 Å². The summed E-state index contributed by atoms with van der Waals surface area (Å²) in [6, 6.07) is 0.250. The Hall–Kier alpha value is -1.30. The summed E-state index contributed by atoms with van der Waals surface area (Å²) in [5.74, 6) is -0.953. The number of nitrogens with zero attached hydrogens (tertiary/aromatic N) is 1. The summed E-state index contributed by atoms with van der Waals surface area (Å²) >= 11 is 0. The molecule has 0 spiro atoms. The molecule has 20 heavy (non-hydrogen) atoms. The Morgan fingerprint density at radius 1 is 1.15 bits per heavy atom. The monoisotopic (exact) mass is 283 g/mol. The van der Waals surface area contributed by atoms with Gasteiger partial charge in [0.05, 0.1) is 5.92 Å². The van der Waals surface area contributed by atoms with Crippen LogP contribution < -0.4 is 10.6 Å². The van der Waals surface area contributed by atoms with Gasteiger partial charge in [-0.3, -0.25) is 4.79 Å². The number of hydrogen-bond acceptors (Lipinski definition) is 3. The SMILES string of the molecule is CN1CCCC1CNC(=O)NCC1CCCC1C(=O)O. The average molecular weight is 283 g/mol. The smallest absolute Gasteiger partial charge is 0.314 e. The van der Waals surface area contributed by atoms with Gasteiger partial charge in [-0.2, -0.15) is 0 Å². The summed E-state index contributed by atoms with van der Waals surface area (Å²) in [6.07, 6.45) is 4.88. The molecule has 2 aliphatic rings. The number of hydrogen-bond donors (Lipinski definition) is 3. The summed E-state index contributed by atoms with van der Waals surface area (Å²) < 4.78 is 0. The molecule has 2 rings (SSSR count). The van der Waals surface area contributed by atoms with E-state index in [-0.39, 0.29) is 17.9 Å². The third kappa shape index (κ3) is 3.85. The molecule has 114 valence electrons. The van der Waals surface area contributed by atoms with Crippen LogP contribution in [0.2, 0.25) is 0 Å². The van der Waals surface area contributed by atoms with E-state index in [0.717, 1.165) is 32.2 Å². The Morgan fingerprint density at radius 3 is 2.55 bits per heavy atom. The second-order valence-electron chi connectivity index (χ2n) is 6.00. The van der Waals surface area contributed by atoms with Crippen molar-refractivity contribution in [3.8, 4) is 0 Å². The number of amides is 2. The average Bonchev–Trinajstić information content (AvgIpc) is 3.02. The second kappa shape index (κ2) is 6.92. The van der Waals surface area contributed by atoms with Gasteiger partial charge in [-0.25, -0.2) is 4.79 Å². The number of likely N-dealkylation sites (tertiary alicyclic amines) is 1. The topological polar surface area (TPSA) is 81.7 Å². The molecular weight excluding hydrogens is 258 g/mol. The Kier molecular flexibility index (Phi) is 5.23. The van der Waals surface area contributed by atoms with Crippen molar-refractivity contribution in [1.29, 1.82) is 0 Å². The quantitative estimate of drug-likeness (QED) is 0.699. The van der Waals surface area contributed by atoms with Crippen LogP contribution in [-0.2, 0) is 4.79 Å². The van der Waals surface area contributed by atoms with Crippen molar-refractivity contribution in [2.45, 2.75) is 38.1 Å². The third-order valence-electron chi connectivity index (χ3n) is 4.67. The lowest BCUT2D eigenvalue weighted by Crippen LogP contribution is -2.44. The number of carbonyl (C=O) groups is 2. The van der Waals surface area contributed by atoms with E-state index in [2.05, 4.69) is 22.6 Å². The standard InChI is InChI=1S/C14H25N3O3/c1-17-7-3-5-11(17)9-16-14(20)15-8-10-4-2-6-12(10)13(18)19/h10-12H,2-9H2,1H3,(H,18,19)(H2,15,16,20). The van der Waals surface area contributed by atoms with Crippen molar-refractivity contribution >= 4 is 12.0 Å². The lowest BCUT2D eigenvalue weighted by molar-refractivity contribution is -0.142. The molecule has 2 amide bonds. The van der Waals surface area contributed by atoms with E-state index >= 15 is 0 Å². The van der Waals surface area contributed by atoms with Crippen LogP contribution in [0.3, 0.4) is 0 Å². The van der Waals surface area contributed by atoms with Crippen molar-refractivity contribution in [2.24, 2.45) is 11.8 Å². The first-order valence-electron chi connectivity index (χ1n) is 7.52. The first-order valence-corrected chi connectivity index (χ1v) is 7.52. The van der Waals surface area contributed by atoms with Gasteiger partial charge in [0.25, 0.3) is 0 Å². The van der Waals surface area contributed by atoms with E-state index in [1.165, 1.54) is 6.42 Å². The predicted octanol–water partition coefficient (Wildman–Crippen LogP) is 0.881. The summed E-state index contributed by atoms with van der Waals surface area (Å²) in [6.45, 7) is 2.22. The molecule has 0 bridgehead atoms. The van der Waals surface area contributed by atoms with Crippen LogP contribution in [0.4, 0.5) is 4.79 Å². The highest BCUT2D eigenvalue weighted by molar-refractivity contribution is 5.74. The van der Waals surface area contributed by atoms with Gasteiger partial charge in [0.2, 0.25) is 0 Å². The predicted molar refractivity (Wildman–Crippen MR) is 75.5 cm³/mol. The van der Waals surface area contributed by atoms with Crippen molar-refractivity contribution in [3.05, 3.63) is 0 Å². The molecule has 1 heterocycles. The van der Waals surface area contributed by atoms with Crippen molar-refractivity contribution in [1.82, 2.24) is 15.5 Å². The third-order valence-corrected chi connectivity index (χ3v) is 4.67. The van der Waals surface area contributed by atoms with Gasteiger partial charge in [0.1, 0.15) is 0 Å². The van der Waals surface area contributed by atoms with Crippen LogP contribution in [0.5, 0.6) is 0 Å². The highest BCUT2D eigenvalue weighted by Gasteiger charge is 2.32. The minimum atomic E-state index is -0.734. The van der Waals surface area contributed by atoms with Crippen molar-refractivity contribution in [3.63, 3.8) is 0 Å². The Balaban J connectivity index is 1.66. The number of carboxylic acids is 1. The Morgan fingerprint density at radius 2 is 1.90 bits per heavy atom. The zero-order chi connectivity index (χ0) is 14.5. The molecule has 3 atom stereocenters. The molecule has 3 unspecified atom stereocenters. The normalized spacial score (nSPS) is 30.4. The molecule has 0 aromatic rings. The molecule has 6 nitrogen and oxygen atoms in total. The molecule has 1 aliphatic carbocycles. The van der Waals surface area contributed by atoms with Gasteiger partial charge in [0.15, 0.2) is 0 Å². The van der Waals surface area contributed by atoms with Crippen LogP contribution in [-0.4, -0.2) is 54.7 Å². The number of rotatable bonds is 5. The fraction of sp³-hybridized carbons (Fsp3) is 0.857. The van der Waals surface area contributed by atoms with Crippen molar-refractivity contribution in [2.75, 3.05) is 26.7 Å². The summed E-state index contributed by atoms with van der Waals surface area (Å²) in [5.41, 5.74) is 0. The lowest BCUT2D eigenvalue weighted by Gasteiger charge is -2.21. The fourth-order valence-corrected chi connectivity index (χ4v) is 3.34. The minimum absolute atomic E-state index is 0.0763. The zero-order valence-corrected chi connectivity index (χ0v) is 12.1. The molecule has 2 fully saturated rings. The maximum absolute atomic E-state index is 11.8. The van der Waals surface area contributed by atoms with Gasteiger partial charge in [0, 0.05) is 19.1 Å². The molecule has 1 saturated carbocycles. The minimum Gasteiger partial charge on any atom is -0.481 e. The summed E-state index contributed by atoms with van der Waals surface area (Å²) in [5, 5.41) is 14.8. The van der Waals surface area contributed by atoms with Crippen LogP contribution in [0.1, 0.15) is 32.1 Å². The molecule has 6 heteroatoms. The number of urea groups is 1. The van der Waals surface area contributed by atoms with E-state index < -0.39 is 5.97 Å². The highest BCUT2D eigenvalue weighted by Crippen LogP contribution is 2.31. The molecule has 3 N–H and O–H groups in total. The molecule has 0 aromatic heterocycles. The van der Waals surface area contributed by atoms with Gasteiger partial charge in [-0.05, 0) is 45.2 Å². The summed E-state index contributed by atoms with van der Waals surface area (Å²) in [4.78, 5) is 25.1. The zero-order valence-electron chi connectivity index (χ0n) is 12.1. The second-order valence-corrected chi connectivity index (χ2v) is 6.00. The number of carboxylic acid groups (broad SMARTS) is 1. The van der Waals surface area contributed by atoms with Crippen LogP contribution >= 0.6 is 0 Å². The van der Waals surface area contributed by atoms with Gasteiger partial charge in [-0.15, -0.1) is 0 Å². The van der Waals surface area contributed by atoms with E-state index in [1.807, 2.05) is 0 Å². The number of carbonyl (C=O) groups excluding carboxylic acids is 1. The maximum atomic E-state index is 11.8. The van der Waals surface area contributed by atoms with Crippen LogP contribution in [0.15, 0.2) is 0 Å². The Labute approximate surface area is 119 Å². The van der Waals surface area contributed by atoms with E-state index in [0.29, 0.717) is 19.1 Å². The van der Waals surface area contributed by atoms with Crippen LogP contribution in [0.25, 0.3) is 0 Å². The molecule has 0 aromatic carbocycles. The van der Waals surface area contributed by atoms with Crippen LogP contribution in [0, 0.1) is 11.8 Å². The summed E-state index contributed by atoms with van der Waals surface area (Å²) in [7, 11) is 2.08. The van der Waals surface area contributed by atoms with Crippen molar-refractivity contribution < 1.29 is 14.7 Å². The first-order chi connectivity index (χ1) is 9.58. The highest BCUT2D eigenvalue weighted by atomic mass is 16.4. The Bertz CT molecular complexity index is 362. The number of likely N-dealkylation sites (N-methyl/N-ethyl adjacent to an activating group) is 1. The van der Waals surface area contributed by atoms with E-state index in [1.54, 1.807) is 0 Å². The van der Waals surface area contributed by atoms with E-state index in [9.17, 15) is 9.59 Å². The van der Waals surface area contributed by atoms with E-state index in [4.69, 9.17) is 5.11 Å². The fourth-order valence-electron chi connectivity index (χ4n) is 3.34. The maximum Gasteiger partial charge on any atom is 0.314 e. The molecular formula is C14H25N3O3. The number of nitrogens with one attached hydrogen (secondary N) is 2. The largest absolute Gasteiger partial charge is 0.481 e. The molecule has 1 aliphatic heterocycles. The van der Waals surface area contributed by atoms with Gasteiger partial charge >= 0.3 is 12.0 Å². The lowest BCUT2D eigenvalue weighted by atomic mass is 9.96.